The quantitative estimate of drug-likeness (QED) is 0.152. The molecule has 0 spiro atoms. The Labute approximate surface area is 330 Å². The lowest BCUT2D eigenvalue weighted by Crippen LogP contribution is -2.54. The minimum atomic E-state index is -0.666. The highest BCUT2D eigenvalue weighted by Crippen LogP contribution is 2.55. The number of fused-ring (bicyclic) bond motifs is 4. The molecule has 7 atom stereocenters. The van der Waals surface area contributed by atoms with Crippen LogP contribution in [-0.4, -0.2) is 91.9 Å². The van der Waals surface area contributed by atoms with Crippen LogP contribution in [0.25, 0.3) is 44.2 Å². The Morgan fingerprint density at radius 1 is 0.825 bits per heavy atom. The smallest absolute Gasteiger partial charge is 0.411 e. The molecule has 57 heavy (non-hydrogen) atoms. The summed E-state index contributed by atoms with van der Waals surface area (Å²) in [5, 5.41) is 5.08. The molecule has 3 aliphatic heterocycles. The third kappa shape index (κ3) is 6.69. The van der Waals surface area contributed by atoms with Crippen LogP contribution < -0.4 is 5.32 Å². The Morgan fingerprint density at radius 3 is 2.19 bits per heavy atom. The van der Waals surface area contributed by atoms with Gasteiger partial charge in [-0.05, 0) is 123 Å². The highest BCUT2D eigenvalue weighted by Gasteiger charge is 2.57. The lowest BCUT2D eigenvalue weighted by atomic mass is 9.90. The van der Waals surface area contributed by atoms with Gasteiger partial charge in [0.25, 0.3) is 0 Å². The van der Waals surface area contributed by atoms with Crippen LogP contribution in [0.1, 0.15) is 83.0 Å². The van der Waals surface area contributed by atoms with Gasteiger partial charge in [-0.3, -0.25) is 9.69 Å². The van der Waals surface area contributed by atoms with Gasteiger partial charge in [0.05, 0.1) is 42.1 Å². The monoisotopic (exact) mass is 771 g/mol. The minimum absolute atomic E-state index is 0.0129. The Hall–Kier alpha value is -5.43. The molecule has 2 aliphatic carbocycles. The fraction of sp³-hybridized carbons (Fsp3) is 0.477. The average molecular weight is 772 g/mol. The molecule has 3 saturated heterocycles. The van der Waals surface area contributed by atoms with E-state index in [-0.39, 0.29) is 42.1 Å². The van der Waals surface area contributed by atoms with Gasteiger partial charge in [0.2, 0.25) is 5.91 Å². The van der Waals surface area contributed by atoms with Gasteiger partial charge in [0.1, 0.15) is 23.3 Å². The number of aromatic amines is 2. The van der Waals surface area contributed by atoms with E-state index in [2.05, 4.69) is 63.8 Å². The number of nitrogens with zero attached hydrogens (tertiary/aromatic N) is 4. The number of H-pyrrole nitrogens is 2. The van der Waals surface area contributed by atoms with Gasteiger partial charge >= 0.3 is 12.2 Å². The normalized spacial score (nSPS) is 26.0. The van der Waals surface area contributed by atoms with E-state index < -0.39 is 17.7 Å². The molecule has 5 aromatic rings. The molecule has 13 heteroatoms. The molecule has 13 nitrogen and oxygen atoms in total. The number of hydrogen-bond acceptors (Lipinski definition) is 8. The Bertz CT molecular complexity index is 2390. The Kier molecular flexibility index (Phi) is 8.58. The summed E-state index contributed by atoms with van der Waals surface area (Å²) in [5.41, 5.74) is 5.35. The van der Waals surface area contributed by atoms with Gasteiger partial charge in [-0.25, -0.2) is 19.6 Å². The second-order valence-electron chi connectivity index (χ2n) is 17.6. The van der Waals surface area contributed by atoms with Crippen LogP contribution in [0.5, 0.6) is 0 Å². The third-order valence-electron chi connectivity index (χ3n) is 12.7. The van der Waals surface area contributed by atoms with Crippen molar-refractivity contribution in [2.24, 2.45) is 17.8 Å². The van der Waals surface area contributed by atoms with Crippen molar-refractivity contribution < 1.29 is 28.6 Å². The average Bonchev–Trinajstić information content (AvgIpc) is 3.82. The molecule has 5 heterocycles. The summed E-state index contributed by atoms with van der Waals surface area (Å²) in [4.78, 5) is 60.5. The van der Waals surface area contributed by atoms with Crippen LogP contribution in [-0.2, 0) is 19.0 Å². The van der Waals surface area contributed by atoms with E-state index in [1.807, 2.05) is 42.8 Å². The van der Waals surface area contributed by atoms with E-state index in [0.29, 0.717) is 37.9 Å². The van der Waals surface area contributed by atoms with E-state index in [1.165, 1.54) is 7.11 Å². The fourth-order valence-corrected chi connectivity index (χ4v) is 9.68. The SMILES string of the molecule is COC(=O)NC(C(=O)N1[C@@H]2C[C@@H]2C[C@H]1c1ncc(-c2ccc3cc(-c4ccc5nc([C@@H]6C[C@H]7C[C@H]7N6C(=O)OC(C)(C)C)[nH]c5c4)ccc3c2)[nH]1)C1CCOCC1. The molecule has 296 valence electrons. The standard InChI is InChI=1S/C44H49N7O6/c1-44(2,3)57-43(54)51-35-19-30(35)21-37(51)40-46-31-10-9-27(17-32(31)47-40)25-5-6-26-16-28(8-7-24(26)15-25)33-22-45-39(48-33)36-20-29-18-34(29)50(36)41(52)38(49-42(53)55-4)23-11-13-56-14-12-23/h5-10,15-17,22-23,29-30,34-38H,11-14,18-21H2,1-4H3,(H,45,48)(H,46,47)(H,49,53)/t29-,30-,34-,35-,36+,37+,38?/m1/s1. The first-order chi connectivity index (χ1) is 27.5. The van der Waals surface area contributed by atoms with E-state index in [0.717, 1.165) is 81.5 Å². The van der Waals surface area contributed by atoms with E-state index in [4.69, 9.17) is 24.2 Å². The number of aromatic nitrogens is 4. The van der Waals surface area contributed by atoms with Crippen LogP contribution in [0.4, 0.5) is 9.59 Å². The number of carbonyl (C=O) groups excluding carboxylic acids is 3. The number of nitrogens with one attached hydrogen (secondary N) is 3. The van der Waals surface area contributed by atoms with Crippen LogP contribution in [0, 0.1) is 17.8 Å². The van der Waals surface area contributed by atoms with Crippen molar-refractivity contribution in [3.8, 4) is 22.4 Å². The van der Waals surface area contributed by atoms with Gasteiger partial charge in [0, 0.05) is 30.9 Å². The predicted molar refractivity (Wildman–Crippen MR) is 213 cm³/mol. The summed E-state index contributed by atoms with van der Waals surface area (Å²) < 4.78 is 16.2. The maximum atomic E-state index is 14.2. The number of rotatable bonds is 7. The molecule has 1 unspecified atom stereocenters. The van der Waals surface area contributed by atoms with Crippen molar-refractivity contribution >= 4 is 39.9 Å². The zero-order chi connectivity index (χ0) is 39.2. The minimum Gasteiger partial charge on any atom is -0.453 e. The molecule has 3 N–H and O–H groups in total. The van der Waals surface area contributed by atoms with Crippen molar-refractivity contribution in [1.29, 1.82) is 0 Å². The maximum absolute atomic E-state index is 14.2. The Morgan fingerprint density at radius 2 is 1.47 bits per heavy atom. The lowest BCUT2D eigenvalue weighted by molar-refractivity contribution is -0.138. The van der Waals surface area contributed by atoms with Gasteiger partial charge < -0.3 is 34.4 Å². The molecule has 5 aliphatic rings. The number of benzene rings is 3. The van der Waals surface area contributed by atoms with Gasteiger partial charge in [0.15, 0.2) is 0 Å². The van der Waals surface area contributed by atoms with Crippen molar-refractivity contribution in [1.82, 2.24) is 35.1 Å². The number of amides is 3. The highest BCUT2D eigenvalue weighted by atomic mass is 16.6. The highest BCUT2D eigenvalue weighted by molar-refractivity contribution is 5.92. The summed E-state index contributed by atoms with van der Waals surface area (Å²) >= 11 is 0. The summed E-state index contributed by atoms with van der Waals surface area (Å²) in [6.07, 6.45) is 6.18. The third-order valence-corrected chi connectivity index (χ3v) is 12.7. The van der Waals surface area contributed by atoms with Crippen LogP contribution >= 0.6 is 0 Å². The summed E-state index contributed by atoms with van der Waals surface area (Å²) in [5.74, 6) is 2.46. The van der Waals surface area contributed by atoms with Crippen molar-refractivity contribution in [3.63, 3.8) is 0 Å². The second-order valence-corrected chi connectivity index (χ2v) is 17.6. The molecular weight excluding hydrogens is 723 g/mol. The number of ether oxygens (including phenoxy) is 3. The summed E-state index contributed by atoms with van der Waals surface area (Å²) in [6, 6.07) is 18.6. The maximum Gasteiger partial charge on any atom is 0.411 e. The van der Waals surface area contributed by atoms with Crippen LogP contribution in [0.15, 0.2) is 60.8 Å². The molecule has 2 saturated carbocycles. The number of imidazole rings is 2. The first-order valence-electron chi connectivity index (χ1n) is 20.4. The first kappa shape index (κ1) is 35.9. The topological polar surface area (TPSA) is 155 Å². The number of carbonyl (C=O) groups is 3. The number of piperidine rings is 2. The summed E-state index contributed by atoms with van der Waals surface area (Å²) in [6.45, 7) is 6.86. The number of alkyl carbamates (subject to hydrolysis) is 1. The molecule has 5 fully saturated rings. The van der Waals surface area contributed by atoms with Crippen molar-refractivity contribution in [2.75, 3.05) is 20.3 Å². The molecule has 3 aromatic carbocycles. The van der Waals surface area contributed by atoms with E-state index in [1.54, 1.807) is 0 Å². The zero-order valence-corrected chi connectivity index (χ0v) is 32.8. The van der Waals surface area contributed by atoms with Gasteiger partial charge in [-0.2, -0.15) is 0 Å². The van der Waals surface area contributed by atoms with Crippen molar-refractivity contribution in [3.05, 3.63) is 72.4 Å². The molecule has 0 radical (unpaired) electrons. The lowest BCUT2D eigenvalue weighted by Gasteiger charge is -2.35. The Balaban J connectivity index is 0.864. The molecule has 2 aromatic heterocycles. The van der Waals surface area contributed by atoms with Gasteiger partial charge in [-0.1, -0.05) is 30.3 Å². The van der Waals surface area contributed by atoms with Gasteiger partial charge in [-0.15, -0.1) is 0 Å². The zero-order valence-electron chi connectivity index (χ0n) is 32.8. The fourth-order valence-electron chi connectivity index (χ4n) is 9.68. The molecule has 3 amide bonds. The number of likely N-dealkylation sites (tertiary alicyclic amines) is 2. The van der Waals surface area contributed by atoms with E-state index in [9.17, 15) is 14.4 Å². The van der Waals surface area contributed by atoms with Crippen LogP contribution in [0.2, 0.25) is 0 Å². The predicted octanol–water partition coefficient (Wildman–Crippen LogP) is 7.66. The summed E-state index contributed by atoms with van der Waals surface area (Å²) in [7, 11) is 1.33. The molecule has 10 rings (SSSR count). The number of methoxy groups -OCH3 is 1. The van der Waals surface area contributed by atoms with Crippen molar-refractivity contribution in [2.45, 2.75) is 95.1 Å². The first-order valence-corrected chi connectivity index (χ1v) is 20.4. The molecule has 0 bridgehead atoms. The van der Waals surface area contributed by atoms with Crippen LogP contribution in [0.3, 0.4) is 0 Å². The molecular formula is C44H49N7O6. The second kappa shape index (κ2) is 13.6. The number of hydrogen-bond donors (Lipinski definition) is 3. The van der Waals surface area contributed by atoms with E-state index >= 15 is 0 Å². The largest absolute Gasteiger partial charge is 0.453 e.